The topological polar surface area (TPSA) is 20.2 Å². The predicted molar refractivity (Wildman–Crippen MR) is 44.9 cm³/mol. The molecule has 10 heavy (non-hydrogen) atoms. The highest BCUT2D eigenvalue weighted by Gasteiger charge is 2.02. The minimum Gasteiger partial charge on any atom is -0.396 e. The summed E-state index contributed by atoms with van der Waals surface area (Å²) < 4.78 is 0. The van der Waals surface area contributed by atoms with Gasteiger partial charge < -0.3 is 5.11 Å². The van der Waals surface area contributed by atoms with E-state index >= 15 is 0 Å². The van der Waals surface area contributed by atoms with Crippen molar-refractivity contribution >= 4 is 0 Å². The Morgan fingerprint density at radius 1 is 1.60 bits per heavy atom. The fourth-order valence-electron chi connectivity index (χ4n) is 0.950. The smallest absolute Gasteiger partial charge is 0.0431 e. The van der Waals surface area contributed by atoms with Gasteiger partial charge in [0.15, 0.2) is 0 Å². The van der Waals surface area contributed by atoms with Gasteiger partial charge in [0.25, 0.3) is 0 Å². The summed E-state index contributed by atoms with van der Waals surface area (Å²) in [5, 5.41) is 8.54. The van der Waals surface area contributed by atoms with E-state index in [9.17, 15) is 0 Å². The van der Waals surface area contributed by atoms with Crippen molar-refractivity contribution in [1.82, 2.24) is 0 Å². The molecule has 1 atom stereocenters. The van der Waals surface area contributed by atoms with E-state index < -0.39 is 0 Å². The van der Waals surface area contributed by atoms with Crippen LogP contribution in [0, 0.1) is 5.92 Å². The molecular weight excluding hydrogens is 124 g/mol. The SMILES string of the molecule is C=C(CC)C(C)CCCO. The first-order valence-corrected chi connectivity index (χ1v) is 4.00. The van der Waals surface area contributed by atoms with E-state index in [1.54, 1.807) is 0 Å². The van der Waals surface area contributed by atoms with E-state index in [-0.39, 0.29) is 0 Å². The zero-order valence-electron chi connectivity index (χ0n) is 7.06. The van der Waals surface area contributed by atoms with Gasteiger partial charge in [0.05, 0.1) is 0 Å². The van der Waals surface area contributed by atoms with Crippen LogP contribution in [-0.4, -0.2) is 11.7 Å². The van der Waals surface area contributed by atoms with E-state index in [0.29, 0.717) is 12.5 Å². The van der Waals surface area contributed by atoms with Crippen molar-refractivity contribution in [1.29, 1.82) is 0 Å². The summed E-state index contributed by atoms with van der Waals surface area (Å²) in [4.78, 5) is 0. The van der Waals surface area contributed by atoms with Gasteiger partial charge in [0.2, 0.25) is 0 Å². The van der Waals surface area contributed by atoms with Gasteiger partial charge >= 0.3 is 0 Å². The lowest BCUT2D eigenvalue weighted by Gasteiger charge is -2.11. The summed E-state index contributed by atoms with van der Waals surface area (Å²) >= 11 is 0. The van der Waals surface area contributed by atoms with Crippen molar-refractivity contribution in [2.24, 2.45) is 5.92 Å². The summed E-state index contributed by atoms with van der Waals surface area (Å²) in [5.74, 6) is 0.581. The molecule has 1 heteroatoms. The predicted octanol–water partition coefficient (Wildman–Crippen LogP) is 2.36. The summed E-state index contributed by atoms with van der Waals surface area (Å²) in [5.41, 5.74) is 1.30. The average Bonchev–Trinajstić information content (AvgIpc) is 1.98. The molecule has 0 aliphatic heterocycles. The first-order valence-electron chi connectivity index (χ1n) is 4.00. The molecule has 0 amide bonds. The number of allylic oxidation sites excluding steroid dienone is 1. The van der Waals surface area contributed by atoms with Crippen LogP contribution in [-0.2, 0) is 0 Å². The molecule has 1 unspecified atom stereocenters. The van der Waals surface area contributed by atoms with Gasteiger partial charge in [-0.05, 0) is 25.2 Å². The van der Waals surface area contributed by atoms with Gasteiger partial charge in [0, 0.05) is 6.61 Å². The Morgan fingerprint density at radius 2 is 2.20 bits per heavy atom. The second-order valence-electron chi connectivity index (χ2n) is 2.78. The van der Waals surface area contributed by atoms with Gasteiger partial charge in [-0.25, -0.2) is 0 Å². The Kier molecular flexibility index (Phi) is 5.32. The van der Waals surface area contributed by atoms with Crippen LogP contribution in [0.5, 0.6) is 0 Å². The van der Waals surface area contributed by atoms with E-state index in [0.717, 1.165) is 19.3 Å². The van der Waals surface area contributed by atoms with Crippen LogP contribution in [0.2, 0.25) is 0 Å². The fraction of sp³-hybridized carbons (Fsp3) is 0.778. The number of aliphatic hydroxyl groups excluding tert-OH is 1. The summed E-state index contributed by atoms with van der Waals surface area (Å²) in [7, 11) is 0. The maximum absolute atomic E-state index is 8.54. The third-order valence-corrected chi connectivity index (χ3v) is 1.95. The van der Waals surface area contributed by atoms with Crippen molar-refractivity contribution in [3.8, 4) is 0 Å². The molecule has 0 heterocycles. The third-order valence-electron chi connectivity index (χ3n) is 1.95. The van der Waals surface area contributed by atoms with Gasteiger partial charge in [-0.15, -0.1) is 0 Å². The number of hydrogen-bond acceptors (Lipinski definition) is 1. The molecule has 0 spiro atoms. The Balaban J connectivity index is 3.41. The second-order valence-corrected chi connectivity index (χ2v) is 2.78. The molecule has 0 aliphatic carbocycles. The van der Waals surface area contributed by atoms with Crippen LogP contribution in [0.3, 0.4) is 0 Å². The maximum atomic E-state index is 8.54. The summed E-state index contributed by atoms with van der Waals surface area (Å²) in [6, 6.07) is 0. The lowest BCUT2D eigenvalue weighted by molar-refractivity contribution is 0.277. The Bertz CT molecular complexity index is 96.9. The molecule has 0 saturated heterocycles. The van der Waals surface area contributed by atoms with Crippen LogP contribution < -0.4 is 0 Å². The largest absolute Gasteiger partial charge is 0.396 e. The Hall–Kier alpha value is -0.300. The first-order chi connectivity index (χ1) is 4.72. The van der Waals surface area contributed by atoms with Gasteiger partial charge in [0.1, 0.15) is 0 Å². The fourth-order valence-corrected chi connectivity index (χ4v) is 0.950. The van der Waals surface area contributed by atoms with Crippen LogP contribution in [0.4, 0.5) is 0 Å². The van der Waals surface area contributed by atoms with Crippen molar-refractivity contribution in [3.05, 3.63) is 12.2 Å². The molecule has 1 N–H and O–H groups in total. The molecular formula is C9H18O. The van der Waals surface area contributed by atoms with Crippen molar-refractivity contribution in [2.75, 3.05) is 6.61 Å². The monoisotopic (exact) mass is 142 g/mol. The van der Waals surface area contributed by atoms with Crippen LogP contribution in [0.15, 0.2) is 12.2 Å². The van der Waals surface area contributed by atoms with Crippen molar-refractivity contribution in [2.45, 2.75) is 33.1 Å². The van der Waals surface area contributed by atoms with E-state index in [4.69, 9.17) is 5.11 Å². The molecule has 0 rings (SSSR count). The zero-order chi connectivity index (χ0) is 7.98. The molecule has 0 aliphatic rings. The lowest BCUT2D eigenvalue weighted by atomic mass is 9.96. The molecule has 0 saturated carbocycles. The molecule has 0 bridgehead atoms. The van der Waals surface area contributed by atoms with E-state index in [1.807, 2.05) is 0 Å². The van der Waals surface area contributed by atoms with Crippen LogP contribution in [0.25, 0.3) is 0 Å². The molecule has 0 fully saturated rings. The van der Waals surface area contributed by atoms with Gasteiger partial charge in [-0.1, -0.05) is 26.0 Å². The molecule has 0 aromatic carbocycles. The van der Waals surface area contributed by atoms with Crippen LogP contribution in [0.1, 0.15) is 33.1 Å². The molecule has 0 radical (unpaired) electrons. The zero-order valence-corrected chi connectivity index (χ0v) is 7.06. The molecule has 1 nitrogen and oxygen atoms in total. The first kappa shape index (κ1) is 9.70. The highest BCUT2D eigenvalue weighted by Crippen LogP contribution is 2.16. The number of aliphatic hydroxyl groups is 1. The van der Waals surface area contributed by atoms with Gasteiger partial charge in [-0.3, -0.25) is 0 Å². The van der Waals surface area contributed by atoms with E-state index in [2.05, 4.69) is 20.4 Å². The normalized spacial score (nSPS) is 13.1. The highest BCUT2D eigenvalue weighted by molar-refractivity contribution is 4.97. The van der Waals surface area contributed by atoms with Crippen molar-refractivity contribution < 1.29 is 5.11 Å². The summed E-state index contributed by atoms with van der Waals surface area (Å²) in [6.45, 7) is 8.54. The number of hydrogen-bond donors (Lipinski definition) is 1. The molecule has 0 aromatic rings. The lowest BCUT2D eigenvalue weighted by Crippen LogP contribution is -1.98. The average molecular weight is 142 g/mol. The number of rotatable bonds is 5. The highest BCUT2D eigenvalue weighted by atomic mass is 16.2. The standard InChI is InChI=1S/C9H18O/c1-4-8(2)9(3)6-5-7-10/h9-10H,2,4-7H2,1,3H3. The Morgan fingerprint density at radius 3 is 2.60 bits per heavy atom. The molecule has 60 valence electrons. The second kappa shape index (κ2) is 5.48. The summed E-state index contributed by atoms with van der Waals surface area (Å²) in [6.07, 6.45) is 3.04. The minimum absolute atomic E-state index is 0.307. The van der Waals surface area contributed by atoms with Crippen molar-refractivity contribution in [3.63, 3.8) is 0 Å². The maximum Gasteiger partial charge on any atom is 0.0431 e. The minimum atomic E-state index is 0.307. The van der Waals surface area contributed by atoms with Crippen LogP contribution >= 0.6 is 0 Å². The third kappa shape index (κ3) is 3.67. The van der Waals surface area contributed by atoms with Gasteiger partial charge in [-0.2, -0.15) is 0 Å². The molecule has 0 aromatic heterocycles. The Labute approximate surface area is 63.8 Å². The quantitative estimate of drug-likeness (QED) is 0.584. The van der Waals surface area contributed by atoms with E-state index in [1.165, 1.54) is 5.57 Å².